The van der Waals surface area contributed by atoms with Crippen LogP contribution < -0.4 is 10.6 Å². The van der Waals surface area contributed by atoms with Crippen molar-refractivity contribution >= 4 is 17.3 Å². The topological polar surface area (TPSA) is 61.0 Å². The van der Waals surface area contributed by atoms with Crippen molar-refractivity contribution in [3.8, 4) is 0 Å². The molecule has 0 rings (SSSR count). The molecule has 0 aromatic rings. The molecule has 0 fully saturated rings. The minimum atomic E-state index is -0.319. The molecular weight excluding hydrogens is 232 g/mol. The summed E-state index contributed by atoms with van der Waals surface area (Å²) in [7, 11) is 6.27. The first-order chi connectivity index (χ1) is 7.67. The number of thiocarbonyl (C=S) groups is 1. The summed E-state index contributed by atoms with van der Waals surface area (Å²) in [4.78, 5) is 0. The number of methoxy groups -OCH3 is 4. The number of hydrogen-bond acceptors (Lipinski definition) is 5. The van der Waals surface area contributed by atoms with Gasteiger partial charge in [-0.15, -0.1) is 0 Å². The van der Waals surface area contributed by atoms with Crippen molar-refractivity contribution in [2.24, 2.45) is 0 Å². The van der Waals surface area contributed by atoms with Crippen LogP contribution in [0.15, 0.2) is 0 Å². The molecule has 0 amide bonds. The van der Waals surface area contributed by atoms with Gasteiger partial charge in [-0.2, -0.15) is 0 Å². The van der Waals surface area contributed by atoms with Crippen molar-refractivity contribution in [1.82, 2.24) is 10.6 Å². The third-order valence-electron chi connectivity index (χ3n) is 1.91. The highest BCUT2D eigenvalue weighted by molar-refractivity contribution is 7.80. The Hall–Kier alpha value is -0.470. The number of hydrogen-bond donors (Lipinski definition) is 2. The van der Waals surface area contributed by atoms with Crippen molar-refractivity contribution in [3.05, 3.63) is 0 Å². The van der Waals surface area contributed by atoms with Gasteiger partial charge in [0.1, 0.15) is 0 Å². The first kappa shape index (κ1) is 15.5. The van der Waals surface area contributed by atoms with Crippen molar-refractivity contribution in [2.45, 2.75) is 12.6 Å². The van der Waals surface area contributed by atoms with E-state index in [1.807, 2.05) is 0 Å². The van der Waals surface area contributed by atoms with Crippen LogP contribution in [0.25, 0.3) is 0 Å². The van der Waals surface area contributed by atoms with Gasteiger partial charge in [0.2, 0.25) is 0 Å². The maximum atomic E-state index is 5.04. The predicted octanol–water partition coefficient (Wildman–Crippen LogP) is -0.312. The fourth-order valence-corrected chi connectivity index (χ4v) is 1.11. The molecule has 2 N–H and O–H groups in total. The molecule has 0 radical (unpaired) electrons. The first-order valence-electron chi connectivity index (χ1n) is 4.80. The van der Waals surface area contributed by atoms with E-state index in [2.05, 4.69) is 10.6 Å². The van der Waals surface area contributed by atoms with Crippen molar-refractivity contribution in [1.29, 1.82) is 0 Å². The van der Waals surface area contributed by atoms with Crippen LogP contribution in [0.1, 0.15) is 0 Å². The van der Waals surface area contributed by atoms with Gasteiger partial charge in [0, 0.05) is 28.4 Å². The monoisotopic (exact) mass is 252 g/mol. The van der Waals surface area contributed by atoms with Gasteiger partial charge < -0.3 is 29.6 Å². The molecule has 0 bridgehead atoms. The summed E-state index contributed by atoms with van der Waals surface area (Å²) in [6, 6.07) is 0. The van der Waals surface area contributed by atoms with Crippen LogP contribution in [-0.4, -0.2) is 59.2 Å². The van der Waals surface area contributed by atoms with E-state index in [4.69, 9.17) is 31.2 Å². The predicted molar refractivity (Wildman–Crippen MR) is 64.2 cm³/mol. The summed E-state index contributed by atoms with van der Waals surface area (Å²) in [5.74, 6) is 0. The minimum absolute atomic E-state index is 0.319. The van der Waals surface area contributed by atoms with E-state index in [9.17, 15) is 0 Å². The van der Waals surface area contributed by atoms with Crippen molar-refractivity contribution in [3.63, 3.8) is 0 Å². The third kappa shape index (κ3) is 6.91. The van der Waals surface area contributed by atoms with Gasteiger partial charge in [-0.05, 0) is 12.2 Å². The molecule has 0 aliphatic rings. The second kappa shape index (κ2) is 9.73. The van der Waals surface area contributed by atoms with Gasteiger partial charge in [0.05, 0.1) is 13.1 Å². The lowest BCUT2D eigenvalue weighted by Crippen LogP contribution is -2.43. The summed E-state index contributed by atoms with van der Waals surface area (Å²) in [6.45, 7) is 0.951. The summed E-state index contributed by atoms with van der Waals surface area (Å²) < 4.78 is 20.0. The molecule has 0 atom stereocenters. The summed E-state index contributed by atoms with van der Waals surface area (Å²) in [6.07, 6.45) is -0.638. The van der Waals surface area contributed by atoms with Gasteiger partial charge in [-0.3, -0.25) is 0 Å². The highest BCUT2D eigenvalue weighted by Gasteiger charge is 2.07. The largest absolute Gasteiger partial charge is 0.358 e. The van der Waals surface area contributed by atoms with Gasteiger partial charge in [-0.25, -0.2) is 0 Å². The highest BCUT2D eigenvalue weighted by atomic mass is 32.1. The second-order valence-electron chi connectivity index (χ2n) is 2.89. The molecule has 0 saturated heterocycles. The van der Waals surface area contributed by atoms with E-state index in [-0.39, 0.29) is 12.6 Å². The number of rotatable bonds is 8. The van der Waals surface area contributed by atoms with E-state index < -0.39 is 0 Å². The van der Waals surface area contributed by atoms with E-state index in [1.165, 1.54) is 0 Å². The second-order valence-corrected chi connectivity index (χ2v) is 3.30. The molecule has 7 heteroatoms. The Balaban J connectivity index is 3.65. The highest BCUT2D eigenvalue weighted by Crippen LogP contribution is 1.89. The smallest absolute Gasteiger partial charge is 0.174 e. The van der Waals surface area contributed by atoms with Crippen LogP contribution in [0.5, 0.6) is 0 Å². The number of nitrogens with one attached hydrogen (secondary N) is 2. The zero-order valence-corrected chi connectivity index (χ0v) is 10.9. The van der Waals surface area contributed by atoms with Gasteiger partial charge in [-0.1, -0.05) is 0 Å². The van der Waals surface area contributed by atoms with Crippen molar-refractivity contribution < 1.29 is 18.9 Å². The zero-order chi connectivity index (χ0) is 12.4. The zero-order valence-electron chi connectivity index (χ0n) is 10.1. The van der Waals surface area contributed by atoms with Crippen LogP contribution in [-0.2, 0) is 18.9 Å². The van der Waals surface area contributed by atoms with Crippen LogP contribution in [0.2, 0.25) is 0 Å². The Kier molecular flexibility index (Phi) is 9.45. The molecule has 0 saturated carbocycles. The Morgan fingerprint density at radius 1 is 0.875 bits per heavy atom. The molecule has 0 aromatic heterocycles. The molecule has 96 valence electrons. The standard InChI is InChI=1S/C9H20N2O4S/c1-12-7(13-2)5-10-9(16)11-6-8(14-3)15-4/h7-8H,5-6H2,1-4H3,(H2,10,11,16). The SMILES string of the molecule is COC(CNC(=S)NCC(OC)OC)OC. The van der Waals surface area contributed by atoms with E-state index in [0.29, 0.717) is 18.2 Å². The quantitative estimate of drug-likeness (QED) is 0.454. The van der Waals surface area contributed by atoms with Crippen LogP contribution in [0.4, 0.5) is 0 Å². The minimum Gasteiger partial charge on any atom is -0.358 e. The lowest BCUT2D eigenvalue weighted by Gasteiger charge is -2.18. The average molecular weight is 252 g/mol. The Morgan fingerprint density at radius 3 is 1.44 bits per heavy atom. The lowest BCUT2D eigenvalue weighted by molar-refractivity contribution is -0.0982. The number of ether oxygens (including phenoxy) is 4. The molecule has 0 aromatic carbocycles. The molecule has 0 unspecified atom stereocenters. The maximum absolute atomic E-state index is 5.04. The molecule has 0 spiro atoms. The molecule has 0 heterocycles. The van der Waals surface area contributed by atoms with Crippen LogP contribution >= 0.6 is 12.2 Å². The molecular formula is C9H20N2O4S. The molecule has 16 heavy (non-hydrogen) atoms. The lowest BCUT2D eigenvalue weighted by atomic mass is 10.6. The fourth-order valence-electron chi connectivity index (χ4n) is 0.940. The Labute approximate surface area is 102 Å². The molecule has 0 aliphatic carbocycles. The summed E-state index contributed by atoms with van der Waals surface area (Å²) in [5.41, 5.74) is 0. The maximum Gasteiger partial charge on any atom is 0.174 e. The van der Waals surface area contributed by atoms with Crippen molar-refractivity contribution in [2.75, 3.05) is 41.5 Å². The van der Waals surface area contributed by atoms with Gasteiger partial charge in [0.25, 0.3) is 0 Å². The van der Waals surface area contributed by atoms with E-state index in [1.54, 1.807) is 28.4 Å². The van der Waals surface area contributed by atoms with E-state index >= 15 is 0 Å². The van der Waals surface area contributed by atoms with E-state index in [0.717, 1.165) is 0 Å². The summed E-state index contributed by atoms with van der Waals surface area (Å²) in [5, 5.41) is 6.39. The normalized spacial score (nSPS) is 10.9. The Bertz CT molecular complexity index is 168. The van der Waals surface area contributed by atoms with Crippen LogP contribution in [0.3, 0.4) is 0 Å². The fraction of sp³-hybridized carbons (Fsp3) is 0.889. The summed E-state index contributed by atoms with van der Waals surface area (Å²) >= 11 is 5.04. The van der Waals surface area contributed by atoms with Gasteiger partial charge in [0.15, 0.2) is 17.7 Å². The van der Waals surface area contributed by atoms with Gasteiger partial charge >= 0.3 is 0 Å². The Morgan fingerprint density at radius 2 is 1.19 bits per heavy atom. The van der Waals surface area contributed by atoms with Crippen LogP contribution in [0, 0.1) is 0 Å². The third-order valence-corrected chi connectivity index (χ3v) is 2.20. The average Bonchev–Trinajstić information content (AvgIpc) is 2.31. The first-order valence-corrected chi connectivity index (χ1v) is 5.21. The molecule has 0 aliphatic heterocycles. The molecule has 6 nitrogen and oxygen atoms in total.